The van der Waals surface area contributed by atoms with Crippen molar-refractivity contribution in [1.82, 2.24) is 0 Å². The molecule has 0 bridgehead atoms. The SMILES string of the molecule is [B]c1c([B])c([B])c2c(-c3c4c([B])c([B])c([B])c([B])c4c(-c4cccc(-c5c(Br)ccc6ccccc56)c4)c4c([B])c([B])c([B])c([B])c34)c([B])c([B])c([B])c2c1[B]. The third-order valence-corrected chi connectivity index (χ3v) is 11.6. The maximum atomic E-state index is 7.02. The van der Waals surface area contributed by atoms with Gasteiger partial charge in [0.15, 0.2) is 0 Å². The monoisotopic (exact) mass is 734 g/mol. The molecule has 0 saturated carbocycles. The third kappa shape index (κ3) is 5.40. The Bertz CT molecular complexity index is 3010. The molecule has 0 fully saturated rings. The van der Waals surface area contributed by atoms with E-state index in [0.717, 1.165) is 26.4 Å². The van der Waals surface area contributed by atoms with Crippen molar-refractivity contribution in [3.8, 4) is 33.4 Å². The number of hydrogen-bond donors (Lipinski definition) is 0. The standard InChI is InChI=1S/C40H10B15Br/c41-26-19-17(13-6-3-5-12(10-13)16-14-7-2-1-4-11(14)8-9-15(16)56)20-22(30(45)38(53)36(51)27(20)42)18(21(19)29(44)37(52)35(26)50)23-24-25(32(47)34(49)28(23)43)33(48)40(55)39(54)31(24)46/h1-10H. The number of fused-ring (bicyclic) bond motifs is 4. The van der Waals surface area contributed by atoms with Crippen molar-refractivity contribution in [2.24, 2.45) is 0 Å². The summed E-state index contributed by atoms with van der Waals surface area (Å²) in [6.07, 6.45) is 0. The Kier molecular flexibility index (Phi) is 9.75. The van der Waals surface area contributed by atoms with Crippen LogP contribution in [-0.2, 0) is 0 Å². The van der Waals surface area contributed by atoms with Gasteiger partial charge >= 0.3 is 0 Å². The molecule has 0 heterocycles. The van der Waals surface area contributed by atoms with E-state index in [9.17, 15) is 0 Å². The minimum atomic E-state index is -0.0357. The largest absolute Gasteiger partial charge is 0.113 e. The Morgan fingerprint density at radius 1 is 0.286 bits per heavy atom. The molecule has 0 atom stereocenters. The fourth-order valence-electron chi connectivity index (χ4n) is 8.03. The molecule has 30 radical (unpaired) electrons. The van der Waals surface area contributed by atoms with Crippen molar-refractivity contribution < 1.29 is 0 Å². The molecule has 0 unspecified atom stereocenters. The molecular weight excluding hydrogens is 723 g/mol. The van der Waals surface area contributed by atoms with Crippen molar-refractivity contribution >= 4 is 259 Å². The van der Waals surface area contributed by atoms with E-state index >= 15 is 0 Å². The van der Waals surface area contributed by atoms with Crippen LogP contribution in [-0.4, -0.2) is 118 Å². The summed E-state index contributed by atoms with van der Waals surface area (Å²) < 4.78 is 0.875. The molecular formula is C40H10B15Br. The second-order valence-corrected chi connectivity index (χ2v) is 14.7. The van der Waals surface area contributed by atoms with E-state index in [-0.39, 0.29) is 115 Å². The van der Waals surface area contributed by atoms with E-state index in [0.29, 0.717) is 21.9 Å². The van der Waals surface area contributed by atoms with Gasteiger partial charge in [0.25, 0.3) is 0 Å². The van der Waals surface area contributed by atoms with Crippen molar-refractivity contribution in [2.45, 2.75) is 0 Å². The van der Waals surface area contributed by atoms with Crippen molar-refractivity contribution in [1.29, 1.82) is 0 Å². The van der Waals surface area contributed by atoms with Crippen LogP contribution < -0.4 is 81.9 Å². The highest BCUT2D eigenvalue weighted by Gasteiger charge is 2.28. The lowest BCUT2D eigenvalue weighted by Gasteiger charge is -2.31. The van der Waals surface area contributed by atoms with Crippen LogP contribution in [0.1, 0.15) is 0 Å². The summed E-state index contributed by atoms with van der Waals surface area (Å²) >= 11 is 3.78. The molecule has 0 saturated heterocycles. The molecule has 8 aromatic rings. The van der Waals surface area contributed by atoms with Crippen molar-refractivity contribution in [3.63, 3.8) is 0 Å². The summed E-state index contributed by atoms with van der Waals surface area (Å²) in [6.45, 7) is 0. The Hall–Kier alpha value is -3.75. The molecule has 0 aliphatic rings. The van der Waals surface area contributed by atoms with E-state index in [1.54, 1.807) is 0 Å². The first-order chi connectivity index (χ1) is 26.5. The van der Waals surface area contributed by atoms with Gasteiger partial charge in [-0.1, -0.05) is 108 Å². The van der Waals surface area contributed by atoms with Gasteiger partial charge in [-0.15, -0.1) is 38.2 Å². The van der Waals surface area contributed by atoms with E-state index in [2.05, 4.69) is 22.0 Å². The Morgan fingerprint density at radius 2 is 0.661 bits per heavy atom. The van der Waals surface area contributed by atoms with Gasteiger partial charge in [-0.3, -0.25) is 0 Å². The van der Waals surface area contributed by atoms with Gasteiger partial charge in [-0.05, 0) is 83.0 Å². The summed E-state index contributed by atoms with van der Waals surface area (Å²) in [5.74, 6) is 0. The first kappa shape index (κ1) is 39.1. The number of hydrogen-bond acceptors (Lipinski definition) is 0. The molecule has 8 rings (SSSR count). The van der Waals surface area contributed by atoms with E-state index < -0.39 is 0 Å². The van der Waals surface area contributed by atoms with E-state index in [1.807, 2.05) is 54.6 Å². The van der Waals surface area contributed by atoms with Gasteiger partial charge in [0.2, 0.25) is 0 Å². The highest BCUT2D eigenvalue weighted by molar-refractivity contribution is 9.10. The number of rotatable bonds is 3. The Balaban J connectivity index is 1.69. The van der Waals surface area contributed by atoms with Crippen LogP contribution in [0.25, 0.3) is 76.5 Å². The first-order valence-electron chi connectivity index (χ1n) is 17.1. The summed E-state index contributed by atoms with van der Waals surface area (Å²) in [6, 6.07) is 19.9. The second kappa shape index (κ2) is 14.0. The molecule has 0 spiro atoms. The quantitative estimate of drug-likeness (QED) is 0.126. The van der Waals surface area contributed by atoms with Crippen LogP contribution in [0.4, 0.5) is 0 Å². The predicted molar refractivity (Wildman–Crippen MR) is 261 cm³/mol. The third-order valence-electron chi connectivity index (χ3n) is 10.9. The summed E-state index contributed by atoms with van der Waals surface area (Å²) in [5.41, 5.74) is 3.58. The van der Waals surface area contributed by atoms with Crippen molar-refractivity contribution in [2.75, 3.05) is 0 Å². The molecule has 222 valence electrons. The maximum Gasteiger partial charge on any atom is 0.113 e. The highest BCUT2D eigenvalue weighted by atomic mass is 79.9. The molecule has 0 N–H and O–H groups in total. The van der Waals surface area contributed by atoms with Crippen LogP contribution in [0, 0.1) is 0 Å². The van der Waals surface area contributed by atoms with E-state index in [1.165, 1.54) is 0 Å². The lowest BCUT2D eigenvalue weighted by molar-refractivity contribution is 1.62. The van der Waals surface area contributed by atoms with E-state index in [4.69, 9.17) is 118 Å². The maximum absolute atomic E-state index is 7.02. The van der Waals surface area contributed by atoms with Gasteiger partial charge in [0.1, 0.15) is 118 Å². The first-order valence-corrected chi connectivity index (χ1v) is 17.9. The molecule has 16 heteroatoms. The molecule has 56 heavy (non-hydrogen) atoms. The lowest BCUT2D eigenvalue weighted by Crippen LogP contribution is -2.53. The zero-order chi connectivity index (χ0) is 40.4. The number of benzene rings is 8. The predicted octanol–water partition coefficient (Wildman–Crippen LogP) is -6.03. The fourth-order valence-corrected chi connectivity index (χ4v) is 8.61. The van der Waals surface area contributed by atoms with Crippen LogP contribution in [0.2, 0.25) is 0 Å². The van der Waals surface area contributed by atoms with Gasteiger partial charge < -0.3 is 0 Å². The Labute approximate surface area is 354 Å². The summed E-state index contributed by atoms with van der Waals surface area (Å²) in [4.78, 5) is 0. The smallest absolute Gasteiger partial charge is 0.110 e. The van der Waals surface area contributed by atoms with Crippen LogP contribution in [0.15, 0.2) is 65.1 Å². The zero-order valence-electron chi connectivity index (χ0n) is 29.8. The number of halogens is 1. The van der Waals surface area contributed by atoms with Crippen LogP contribution >= 0.6 is 15.9 Å². The van der Waals surface area contributed by atoms with Crippen LogP contribution in [0.5, 0.6) is 0 Å². The fraction of sp³-hybridized carbons (Fsp3) is 0. The lowest BCUT2D eigenvalue weighted by atomic mass is 9.56. The average Bonchev–Trinajstić information content (AvgIpc) is 3.19. The molecule has 0 nitrogen and oxygen atoms in total. The average molecular weight is 733 g/mol. The normalized spacial score (nSPS) is 11.7. The molecule has 0 aliphatic carbocycles. The van der Waals surface area contributed by atoms with Gasteiger partial charge in [-0.2, -0.15) is 0 Å². The minimum Gasteiger partial charge on any atom is -0.110 e. The summed E-state index contributed by atoms with van der Waals surface area (Å²) in [5, 5.41) is 3.71. The Morgan fingerprint density at radius 3 is 1.14 bits per heavy atom. The van der Waals surface area contributed by atoms with Gasteiger partial charge in [-0.25, -0.2) is 0 Å². The second-order valence-electron chi connectivity index (χ2n) is 13.8. The zero-order valence-corrected chi connectivity index (χ0v) is 31.4. The molecule has 0 aliphatic heterocycles. The summed E-state index contributed by atoms with van der Waals surface area (Å²) in [7, 11) is 101. The molecule has 8 aromatic carbocycles. The molecule has 0 aromatic heterocycles. The topological polar surface area (TPSA) is 0 Å². The highest BCUT2D eigenvalue weighted by Crippen LogP contribution is 2.43. The minimum absolute atomic E-state index is 0.00107. The van der Waals surface area contributed by atoms with Crippen LogP contribution in [0.3, 0.4) is 0 Å². The van der Waals surface area contributed by atoms with Gasteiger partial charge in [0, 0.05) is 10.0 Å². The van der Waals surface area contributed by atoms with Crippen molar-refractivity contribution in [3.05, 3.63) is 65.1 Å². The van der Waals surface area contributed by atoms with Gasteiger partial charge in [0.05, 0.1) is 0 Å². The molecule has 0 amide bonds.